The number of benzene rings is 1. The first-order valence-corrected chi connectivity index (χ1v) is 8.93. The van der Waals surface area contributed by atoms with Crippen LogP contribution in [0.2, 0.25) is 5.02 Å². The average molecular weight is 373 g/mol. The van der Waals surface area contributed by atoms with Gasteiger partial charge in [-0.05, 0) is 31.0 Å². The van der Waals surface area contributed by atoms with Gasteiger partial charge in [-0.3, -0.25) is 9.38 Å². The first-order valence-electron chi connectivity index (χ1n) is 8.55. The van der Waals surface area contributed by atoms with Crippen LogP contribution in [0.3, 0.4) is 0 Å². The molecule has 1 N–H and O–H groups in total. The molecule has 0 aliphatic rings. The van der Waals surface area contributed by atoms with Crippen molar-refractivity contribution in [2.45, 2.75) is 33.1 Å². The number of rotatable bonds is 6. The van der Waals surface area contributed by atoms with Gasteiger partial charge >= 0.3 is 0 Å². The van der Waals surface area contributed by atoms with E-state index < -0.39 is 0 Å². The molecule has 1 aromatic carbocycles. The number of oxime groups is 1. The Morgan fingerprint density at radius 1 is 1.35 bits per heavy atom. The van der Waals surface area contributed by atoms with Crippen LogP contribution in [0, 0.1) is 0 Å². The minimum absolute atomic E-state index is 0.539. The molecule has 26 heavy (non-hydrogen) atoms. The van der Waals surface area contributed by atoms with Crippen molar-refractivity contribution in [1.29, 1.82) is 0 Å². The molecule has 0 unspecified atom stereocenters. The Balaban J connectivity index is 2.25. The van der Waals surface area contributed by atoms with Crippen LogP contribution in [0.15, 0.2) is 35.7 Å². The maximum Gasteiger partial charge on any atom is 0.164 e. The van der Waals surface area contributed by atoms with Gasteiger partial charge in [0.25, 0.3) is 0 Å². The molecule has 0 aliphatic heterocycles. The van der Waals surface area contributed by atoms with Crippen molar-refractivity contribution in [3.05, 3.63) is 47.0 Å². The van der Waals surface area contributed by atoms with Crippen molar-refractivity contribution in [3.8, 4) is 17.0 Å². The van der Waals surface area contributed by atoms with Crippen molar-refractivity contribution >= 4 is 23.0 Å². The normalized spacial score (nSPS) is 11.9. The van der Waals surface area contributed by atoms with E-state index in [0.29, 0.717) is 34.2 Å². The van der Waals surface area contributed by atoms with Crippen LogP contribution >= 0.6 is 11.6 Å². The van der Waals surface area contributed by atoms with Gasteiger partial charge in [0.2, 0.25) is 0 Å². The molecule has 2 heterocycles. The number of nitrogens with zero attached hydrogens (tertiary/aromatic N) is 4. The Morgan fingerprint density at radius 2 is 2.15 bits per heavy atom. The van der Waals surface area contributed by atoms with Gasteiger partial charge in [0.05, 0.1) is 23.5 Å². The van der Waals surface area contributed by atoms with E-state index in [0.717, 1.165) is 29.8 Å². The SMILES string of the molecule is CCC/C(=N\O)c1c(CC)nc2c(-c3ccc(OC)cc3Cl)nccn12. The van der Waals surface area contributed by atoms with Gasteiger partial charge < -0.3 is 9.94 Å². The van der Waals surface area contributed by atoms with Crippen LogP contribution in [0.4, 0.5) is 0 Å². The van der Waals surface area contributed by atoms with Gasteiger partial charge in [-0.2, -0.15) is 0 Å². The zero-order chi connectivity index (χ0) is 18.7. The molecule has 0 spiro atoms. The lowest BCUT2D eigenvalue weighted by molar-refractivity contribution is 0.317. The van der Waals surface area contributed by atoms with E-state index in [1.54, 1.807) is 19.4 Å². The Morgan fingerprint density at radius 3 is 2.77 bits per heavy atom. The summed E-state index contributed by atoms with van der Waals surface area (Å²) in [6.07, 6.45) is 5.79. The van der Waals surface area contributed by atoms with Crippen LogP contribution in [0.5, 0.6) is 5.75 Å². The summed E-state index contributed by atoms with van der Waals surface area (Å²) in [6.45, 7) is 4.07. The fraction of sp³-hybridized carbons (Fsp3) is 0.316. The van der Waals surface area contributed by atoms with Crippen LogP contribution in [-0.2, 0) is 6.42 Å². The molecule has 7 heteroatoms. The summed E-state index contributed by atoms with van der Waals surface area (Å²) in [7, 11) is 1.60. The third-order valence-corrected chi connectivity index (χ3v) is 4.57. The predicted molar refractivity (Wildman–Crippen MR) is 103 cm³/mol. The van der Waals surface area contributed by atoms with Crippen LogP contribution in [-0.4, -0.2) is 32.4 Å². The standard InChI is InChI=1S/C19H21ClN4O2/c1-4-6-16(23-25)18-15(5-2)22-19-17(21-9-10-24(18)19)13-8-7-12(26-3)11-14(13)20/h7-11,25H,4-6H2,1-3H3/b23-16+. The summed E-state index contributed by atoms with van der Waals surface area (Å²) in [5.74, 6) is 0.682. The second-order valence-electron chi connectivity index (χ2n) is 5.87. The third kappa shape index (κ3) is 3.12. The first-order chi connectivity index (χ1) is 12.6. The number of hydrogen-bond donors (Lipinski definition) is 1. The predicted octanol–water partition coefficient (Wildman–Crippen LogP) is 4.60. The molecule has 2 aromatic heterocycles. The minimum atomic E-state index is 0.539. The summed E-state index contributed by atoms with van der Waals surface area (Å²) in [5, 5.41) is 13.5. The van der Waals surface area contributed by atoms with Gasteiger partial charge in [0, 0.05) is 18.0 Å². The molecule has 0 aliphatic carbocycles. The highest BCUT2D eigenvalue weighted by Crippen LogP contribution is 2.33. The summed E-state index contributed by atoms with van der Waals surface area (Å²) in [5.41, 5.74) is 4.44. The fourth-order valence-electron chi connectivity index (χ4n) is 3.03. The number of hydrogen-bond acceptors (Lipinski definition) is 5. The molecular weight excluding hydrogens is 352 g/mol. The molecule has 3 aromatic rings. The van der Waals surface area contributed by atoms with Crippen LogP contribution in [0.25, 0.3) is 16.9 Å². The Kier molecular flexibility index (Phi) is 5.42. The molecule has 0 amide bonds. The Hall–Kier alpha value is -2.60. The number of aromatic nitrogens is 3. The topological polar surface area (TPSA) is 72.0 Å². The number of aryl methyl sites for hydroxylation is 1. The number of halogens is 1. The van der Waals surface area contributed by atoms with E-state index in [2.05, 4.69) is 10.1 Å². The fourth-order valence-corrected chi connectivity index (χ4v) is 3.29. The zero-order valence-electron chi connectivity index (χ0n) is 15.0. The number of imidazole rings is 1. The first kappa shape index (κ1) is 18.2. The van der Waals surface area contributed by atoms with E-state index in [9.17, 15) is 5.21 Å². The molecule has 0 saturated heterocycles. The summed E-state index contributed by atoms with van der Waals surface area (Å²) >= 11 is 6.44. The van der Waals surface area contributed by atoms with Crippen LogP contribution in [0.1, 0.15) is 38.1 Å². The van der Waals surface area contributed by atoms with Gasteiger partial charge in [0.15, 0.2) is 5.65 Å². The summed E-state index contributed by atoms with van der Waals surface area (Å²) < 4.78 is 7.14. The third-order valence-electron chi connectivity index (χ3n) is 4.26. The van der Waals surface area contributed by atoms with Crippen LogP contribution < -0.4 is 4.74 Å². The van der Waals surface area contributed by atoms with Crippen molar-refractivity contribution in [1.82, 2.24) is 14.4 Å². The lowest BCUT2D eigenvalue weighted by atomic mass is 10.1. The van der Waals surface area contributed by atoms with Crippen molar-refractivity contribution in [3.63, 3.8) is 0 Å². The van der Waals surface area contributed by atoms with E-state index in [4.69, 9.17) is 21.3 Å². The molecule has 0 fully saturated rings. The number of ether oxygens (including phenoxy) is 1. The highest BCUT2D eigenvalue weighted by Gasteiger charge is 2.20. The minimum Gasteiger partial charge on any atom is -0.497 e. The Bertz CT molecular complexity index is 966. The molecular formula is C19H21ClN4O2. The number of methoxy groups -OCH3 is 1. The highest BCUT2D eigenvalue weighted by atomic mass is 35.5. The van der Waals surface area contributed by atoms with Crippen molar-refractivity contribution < 1.29 is 9.94 Å². The second kappa shape index (κ2) is 7.74. The van der Waals surface area contributed by atoms with Crippen molar-refractivity contribution in [2.75, 3.05) is 7.11 Å². The number of fused-ring (bicyclic) bond motifs is 1. The molecule has 0 atom stereocenters. The highest BCUT2D eigenvalue weighted by molar-refractivity contribution is 6.33. The smallest absolute Gasteiger partial charge is 0.164 e. The lowest BCUT2D eigenvalue weighted by Gasteiger charge is -2.09. The second-order valence-corrected chi connectivity index (χ2v) is 6.28. The van der Waals surface area contributed by atoms with Gasteiger partial charge in [-0.25, -0.2) is 4.98 Å². The Labute approximate surface area is 157 Å². The summed E-state index contributed by atoms with van der Waals surface area (Å²) in [4.78, 5) is 9.26. The monoisotopic (exact) mass is 372 g/mol. The molecule has 136 valence electrons. The van der Waals surface area contributed by atoms with Crippen molar-refractivity contribution in [2.24, 2.45) is 5.16 Å². The van der Waals surface area contributed by atoms with E-state index in [1.165, 1.54) is 0 Å². The molecule has 0 bridgehead atoms. The zero-order valence-corrected chi connectivity index (χ0v) is 15.8. The van der Waals surface area contributed by atoms with E-state index in [1.807, 2.05) is 36.6 Å². The molecule has 0 saturated carbocycles. The summed E-state index contributed by atoms with van der Waals surface area (Å²) in [6, 6.07) is 5.47. The average Bonchev–Trinajstić information content (AvgIpc) is 3.04. The molecule has 3 rings (SSSR count). The van der Waals surface area contributed by atoms with E-state index >= 15 is 0 Å². The lowest BCUT2D eigenvalue weighted by Crippen LogP contribution is -2.08. The molecule has 0 radical (unpaired) electrons. The maximum absolute atomic E-state index is 9.49. The quantitative estimate of drug-likeness (QED) is 0.390. The van der Waals surface area contributed by atoms with Gasteiger partial charge in [-0.15, -0.1) is 0 Å². The molecule has 6 nitrogen and oxygen atoms in total. The largest absolute Gasteiger partial charge is 0.497 e. The van der Waals surface area contributed by atoms with Gasteiger partial charge in [-0.1, -0.05) is 37.0 Å². The van der Waals surface area contributed by atoms with Gasteiger partial charge in [0.1, 0.15) is 17.2 Å². The van der Waals surface area contributed by atoms with E-state index in [-0.39, 0.29) is 0 Å². The maximum atomic E-state index is 9.49.